The summed E-state index contributed by atoms with van der Waals surface area (Å²) in [4.78, 5) is 11.8. The lowest BCUT2D eigenvalue weighted by molar-refractivity contribution is -0.137. The molecule has 0 spiro atoms. The van der Waals surface area contributed by atoms with E-state index in [2.05, 4.69) is 10.0 Å². The zero-order chi connectivity index (χ0) is 24.2. The highest BCUT2D eigenvalue weighted by molar-refractivity contribution is 7.92. The molecular weight excluding hydrogens is 488 g/mol. The molecule has 33 heavy (non-hydrogen) atoms. The zero-order valence-electron chi connectivity index (χ0n) is 16.5. The van der Waals surface area contributed by atoms with Crippen LogP contribution in [0.1, 0.15) is 5.56 Å². The second kappa shape index (κ2) is 9.67. The highest BCUT2D eigenvalue weighted by Crippen LogP contribution is 2.34. The first-order chi connectivity index (χ1) is 15.5. The summed E-state index contributed by atoms with van der Waals surface area (Å²) in [6.07, 6.45) is -4.66. The van der Waals surface area contributed by atoms with Crippen molar-refractivity contribution < 1.29 is 35.5 Å². The first kappa shape index (κ1) is 24.3. The van der Waals surface area contributed by atoms with Crippen LogP contribution in [0.5, 0.6) is 5.75 Å². The van der Waals surface area contributed by atoms with Crippen molar-refractivity contribution in [2.45, 2.75) is 11.1 Å². The number of sulfonamides is 1. The number of nitrogens with one attached hydrogen (secondary N) is 2. The van der Waals surface area contributed by atoms with E-state index in [9.17, 15) is 30.8 Å². The number of alkyl halides is 3. The van der Waals surface area contributed by atoms with Crippen LogP contribution in [0.15, 0.2) is 71.6 Å². The van der Waals surface area contributed by atoms with Gasteiger partial charge < -0.3 is 10.1 Å². The molecule has 3 aromatic carbocycles. The third-order valence-corrected chi connectivity index (χ3v) is 5.85. The van der Waals surface area contributed by atoms with Crippen LogP contribution in [-0.4, -0.2) is 20.9 Å². The molecule has 2 N–H and O–H groups in total. The molecule has 0 fully saturated rings. The van der Waals surface area contributed by atoms with Crippen molar-refractivity contribution in [3.8, 4) is 5.75 Å². The van der Waals surface area contributed by atoms with E-state index in [1.165, 1.54) is 30.3 Å². The van der Waals surface area contributed by atoms with E-state index < -0.39 is 45.8 Å². The van der Waals surface area contributed by atoms with Gasteiger partial charge in [-0.05, 0) is 54.6 Å². The van der Waals surface area contributed by atoms with Crippen LogP contribution in [0.2, 0.25) is 5.02 Å². The monoisotopic (exact) mass is 502 g/mol. The van der Waals surface area contributed by atoms with Crippen LogP contribution in [0.25, 0.3) is 0 Å². The number of benzene rings is 3. The molecule has 1 amide bonds. The second-order valence-corrected chi connectivity index (χ2v) is 8.67. The van der Waals surface area contributed by atoms with Crippen molar-refractivity contribution in [1.29, 1.82) is 0 Å². The van der Waals surface area contributed by atoms with Crippen LogP contribution in [0.3, 0.4) is 0 Å². The van der Waals surface area contributed by atoms with E-state index in [1.54, 1.807) is 0 Å². The van der Waals surface area contributed by atoms with E-state index in [0.29, 0.717) is 0 Å². The van der Waals surface area contributed by atoms with Gasteiger partial charge in [-0.25, -0.2) is 12.8 Å². The van der Waals surface area contributed by atoms with Crippen molar-refractivity contribution in [1.82, 2.24) is 0 Å². The number of rotatable bonds is 7. The number of para-hydroxylation sites is 1. The Morgan fingerprint density at radius 1 is 1.00 bits per heavy atom. The van der Waals surface area contributed by atoms with Crippen molar-refractivity contribution in [2.75, 3.05) is 16.6 Å². The third kappa shape index (κ3) is 6.36. The number of carbonyl (C=O) groups is 1. The second-order valence-electron chi connectivity index (χ2n) is 6.58. The lowest BCUT2D eigenvalue weighted by atomic mass is 10.1. The van der Waals surface area contributed by atoms with Crippen LogP contribution in [0, 0.1) is 5.82 Å². The molecule has 0 bridgehead atoms. The van der Waals surface area contributed by atoms with E-state index in [-0.39, 0.29) is 21.4 Å². The van der Waals surface area contributed by atoms with Gasteiger partial charge >= 0.3 is 6.18 Å². The van der Waals surface area contributed by atoms with E-state index in [0.717, 1.165) is 36.4 Å². The van der Waals surface area contributed by atoms with Gasteiger partial charge in [-0.3, -0.25) is 9.52 Å². The lowest BCUT2D eigenvalue weighted by Crippen LogP contribution is -2.22. The molecule has 0 heterocycles. The van der Waals surface area contributed by atoms with Gasteiger partial charge in [-0.1, -0.05) is 23.7 Å². The Morgan fingerprint density at radius 2 is 1.67 bits per heavy atom. The molecule has 12 heteroatoms. The number of carbonyl (C=O) groups excluding carboxylic acids is 1. The molecule has 0 aromatic heterocycles. The van der Waals surface area contributed by atoms with Crippen molar-refractivity contribution >= 4 is 38.9 Å². The molecule has 0 saturated heterocycles. The van der Waals surface area contributed by atoms with Gasteiger partial charge in [-0.15, -0.1) is 0 Å². The third-order valence-electron chi connectivity index (χ3n) is 4.18. The smallest absolute Gasteiger partial charge is 0.418 e. The standard InChI is InChI=1S/C21H15ClF4N2O4S/c22-17-11-15(33(30,31)28-14-7-5-13(23)6-8-14)9-10-19(17)32-12-20(29)27-18-4-2-1-3-16(18)21(24,25)26/h1-11,28H,12H2,(H,27,29). The number of hydrogen-bond donors (Lipinski definition) is 2. The summed E-state index contributed by atoms with van der Waals surface area (Å²) < 4.78 is 84.5. The molecule has 174 valence electrons. The quantitative estimate of drug-likeness (QED) is 0.428. The van der Waals surface area contributed by atoms with Gasteiger partial charge in [-0.2, -0.15) is 13.2 Å². The molecule has 0 unspecified atom stereocenters. The normalized spacial score (nSPS) is 11.7. The van der Waals surface area contributed by atoms with Gasteiger partial charge in [0.05, 0.1) is 21.2 Å². The summed E-state index contributed by atoms with van der Waals surface area (Å²) in [7, 11) is -4.05. The molecule has 0 aliphatic heterocycles. The molecule has 0 radical (unpaired) electrons. The number of anilines is 2. The molecule has 3 rings (SSSR count). The molecule has 0 saturated carbocycles. The molecular formula is C21H15ClF4N2O4S. The van der Waals surface area contributed by atoms with Crippen molar-refractivity contribution in [2.24, 2.45) is 0 Å². The van der Waals surface area contributed by atoms with Crippen LogP contribution in [-0.2, 0) is 21.0 Å². The number of amides is 1. The van der Waals surface area contributed by atoms with Gasteiger partial charge in [0.25, 0.3) is 15.9 Å². The predicted molar refractivity (Wildman–Crippen MR) is 114 cm³/mol. The topological polar surface area (TPSA) is 84.5 Å². The van der Waals surface area contributed by atoms with Crippen molar-refractivity contribution in [3.63, 3.8) is 0 Å². The molecule has 3 aromatic rings. The SMILES string of the molecule is O=C(COc1ccc(S(=O)(=O)Nc2ccc(F)cc2)cc1Cl)Nc1ccccc1C(F)(F)F. The van der Waals surface area contributed by atoms with Gasteiger partial charge in [0.1, 0.15) is 11.6 Å². The molecule has 6 nitrogen and oxygen atoms in total. The Kier molecular flexibility index (Phi) is 7.13. The maximum atomic E-state index is 13.0. The zero-order valence-corrected chi connectivity index (χ0v) is 18.1. The predicted octanol–water partition coefficient (Wildman–Crippen LogP) is 5.32. The Morgan fingerprint density at radius 3 is 2.30 bits per heavy atom. The van der Waals surface area contributed by atoms with Crippen LogP contribution in [0.4, 0.5) is 28.9 Å². The fourth-order valence-electron chi connectivity index (χ4n) is 2.67. The first-order valence-electron chi connectivity index (χ1n) is 9.12. The largest absolute Gasteiger partial charge is 0.482 e. The highest BCUT2D eigenvalue weighted by Gasteiger charge is 2.33. The van der Waals surface area contributed by atoms with Gasteiger partial charge in [0, 0.05) is 5.69 Å². The van der Waals surface area contributed by atoms with Crippen LogP contribution < -0.4 is 14.8 Å². The Balaban J connectivity index is 1.66. The van der Waals surface area contributed by atoms with Gasteiger partial charge in [0.2, 0.25) is 0 Å². The summed E-state index contributed by atoms with van der Waals surface area (Å²) in [6, 6.07) is 12.5. The minimum Gasteiger partial charge on any atom is -0.482 e. The first-order valence-corrected chi connectivity index (χ1v) is 11.0. The van der Waals surface area contributed by atoms with E-state index in [1.807, 2.05) is 0 Å². The summed E-state index contributed by atoms with van der Waals surface area (Å²) >= 11 is 6.04. The number of halogens is 5. The van der Waals surface area contributed by atoms with E-state index >= 15 is 0 Å². The Labute approximate surface area is 191 Å². The van der Waals surface area contributed by atoms with E-state index in [4.69, 9.17) is 16.3 Å². The summed E-state index contributed by atoms with van der Waals surface area (Å²) in [5, 5.41) is 1.96. The van der Waals surface area contributed by atoms with Crippen LogP contribution >= 0.6 is 11.6 Å². The minimum absolute atomic E-state index is 0.0587. The van der Waals surface area contributed by atoms with Gasteiger partial charge in [0.15, 0.2) is 6.61 Å². The molecule has 0 aliphatic rings. The average molecular weight is 503 g/mol. The maximum absolute atomic E-state index is 13.0. The van der Waals surface area contributed by atoms with Crippen molar-refractivity contribution in [3.05, 3.63) is 83.1 Å². The molecule has 0 atom stereocenters. The summed E-state index contributed by atoms with van der Waals surface area (Å²) in [5.41, 5.74) is -1.32. The number of ether oxygens (including phenoxy) is 1. The minimum atomic E-state index is -4.66. The summed E-state index contributed by atoms with van der Waals surface area (Å²) in [5.74, 6) is -1.47. The summed E-state index contributed by atoms with van der Waals surface area (Å²) in [6.45, 7) is -0.675. The fraction of sp³-hybridized carbons (Fsp3) is 0.0952. The Bertz CT molecular complexity index is 1270. The fourth-order valence-corrected chi connectivity index (χ4v) is 4.05. The Hall–Kier alpha value is -3.31. The highest BCUT2D eigenvalue weighted by atomic mass is 35.5. The maximum Gasteiger partial charge on any atom is 0.418 e. The molecule has 0 aliphatic carbocycles. The lowest BCUT2D eigenvalue weighted by Gasteiger charge is -2.14. The average Bonchev–Trinajstić information content (AvgIpc) is 2.74. The number of hydrogen-bond acceptors (Lipinski definition) is 4.